The smallest absolute Gasteiger partial charge is 0.264 e. The van der Waals surface area contributed by atoms with Crippen LogP contribution in [0.4, 0.5) is 15.8 Å². The summed E-state index contributed by atoms with van der Waals surface area (Å²) in [5.74, 6) is -0.695. The van der Waals surface area contributed by atoms with Crippen LogP contribution in [0.15, 0.2) is 76.1 Å². The third-order valence-corrected chi connectivity index (χ3v) is 6.68. The first-order valence-electron chi connectivity index (χ1n) is 10.2. The molecule has 0 radical (unpaired) electrons. The molecule has 0 aliphatic rings. The van der Waals surface area contributed by atoms with Crippen LogP contribution in [0.2, 0.25) is 5.02 Å². The molecule has 0 unspecified atom stereocenters. The number of ether oxygens (including phenoxy) is 1. The number of sulfonamides is 1. The van der Waals surface area contributed by atoms with E-state index in [0.29, 0.717) is 22.0 Å². The second-order valence-corrected chi connectivity index (χ2v) is 9.49. The Balaban J connectivity index is 1.61. The molecule has 2 N–H and O–H groups in total. The molecule has 0 spiro atoms. The van der Waals surface area contributed by atoms with Crippen molar-refractivity contribution in [2.45, 2.75) is 11.8 Å². The maximum atomic E-state index is 14.5. The number of hydrogen-bond acceptors (Lipinski definition) is 6. The summed E-state index contributed by atoms with van der Waals surface area (Å²) < 4.78 is 52.7. The van der Waals surface area contributed by atoms with Gasteiger partial charge in [-0.15, -0.1) is 0 Å². The molecule has 11 heteroatoms. The number of anilines is 2. The zero-order valence-corrected chi connectivity index (χ0v) is 20.1. The van der Waals surface area contributed by atoms with Crippen molar-refractivity contribution in [2.75, 3.05) is 17.1 Å². The van der Waals surface area contributed by atoms with E-state index in [0.717, 1.165) is 12.1 Å². The van der Waals surface area contributed by atoms with Crippen LogP contribution in [0.25, 0.3) is 11.3 Å². The molecule has 1 heterocycles. The zero-order chi connectivity index (χ0) is 25.2. The van der Waals surface area contributed by atoms with Crippen LogP contribution in [0.1, 0.15) is 16.1 Å². The van der Waals surface area contributed by atoms with Gasteiger partial charge in [-0.25, -0.2) is 12.8 Å². The predicted molar refractivity (Wildman–Crippen MR) is 130 cm³/mol. The fraction of sp³-hybridized carbons (Fsp3) is 0.0833. The van der Waals surface area contributed by atoms with E-state index in [1.807, 2.05) is 0 Å². The van der Waals surface area contributed by atoms with E-state index in [9.17, 15) is 17.6 Å². The molecule has 0 aliphatic carbocycles. The van der Waals surface area contributed by atoms with Crippen molar-refractivity contribution >= 4 is 38.9 Å². The van der Waals surface area contributed by atoms with Gasteiger partial charge in [-0.2, -0.15) is 0 Å². The minimum absolute atomic E-state index is 0.0640. The fourth-order valence-corrected chi connectivity index (χ4v) is 4.58. The van der Waals surface area contributed by atoms with Gasteiger partial charge in [-0.3, -0.25) is 9.52 Å². The Hall–Kier alpha value is -3.89. The Morgan fingerprint density at radius 1 is 1.03 bits per heavy atom. The molecule has 1 amide bonds. The molecule has 0 atom stereocenters. The maximum absolute atomic E-state index is 14.5. The van der Waals surface area contributed by atoms with Crippen LogP contribution in [0.5, 0.6) is 5.75 Å². The lowest BCUT2D eigenvalue weighted by molar-refractivity contribution is 0.102. The van der Waals surface area contributed by atoms with Crippen LogP contribution in [-0.4, -0.2) is 26.6 Å². The van der Waals surface area contributed by atoms with Gasteiger partial charge < -0.3 is 14.6 Å². The number of aromatic nitrogens is 1. The summed E-state index contributed by atoms with van der Waals surface area (Å²) in [4.78, 5) is 12.4. The molecule has 4 aromatic rings. The van der Waals surface area contributed by atoms with E-state index in [1.54, 1.807) is 31.2 Å². The van der Waals surface area contributed by atoms with Crippen LogP contribution in [0.3, 0.4) is 0 Å². The number of methoxy groups -OCH3 is 1. The first kappa shape index (κ1) is 24.2. The number of nitrogens with one attached hydrogen (secondary N) is 2. The van der Waals surface area contributed by atoms with Crippen molar-refractivity contribution in [3.8, 4) is 17.0 Å². The lowest BCUT2D eigenvalue weighted by atomic mass is 10.1. The molecule has 4 rings (SSSR count). The molecular formula is C24H19ClFN3O5S. The lowest BCUT2D eigenvalue weighted by Crippen LogP contribution is -2.17. The number of rotatable bonds is 7. The Bertz CT molecular complexity index is 1490. The van der Waals surface area contributed by atoms with E-state index in [2.05, 4.69) is 15.2 Å². The van der Waals surface area contributed by atoms with Crippen molar-refractivity contribution in [3.05, 3.63) is 88.9 Å². The van der Waals surface area contributed by atoms with Crippen LogP contribution in [-0.2, 0) is 10.0 Å². The monoisotopic (exact) mass is 515 g/mol. The van der Waals surface area contributed by atoms with Gasteiger partial charge in [0.15, 0.2) is 0 Å². The maximum Gasteiger partial charge on any atom is 0.264 e. The number of aryl methyl sites for hydroxylation is 1. The summed E-state index contributed by atoms with van der Waals surface area (Å²) in [5.41, 5.74) is 1.33. The summed E-state index contributed by atoms with van der Waals surface area (Å²) >= 11 is 5.82. The lowest BCUT2D eigenvalue weighted by Gasteiger charge is -2.11. The second kappa shape index (κ2) is 9.77. The first-order chi connectivity index (χ1) is 16.7. The van der Waals surface area contributed by atoms with Gasteiger partial charge in [-0.05, 0) is 73.7 Å². The van der Waals surface area contributed by atoms with Crippen LogP contribution >= 0.6 is 11.6 Å². The minimum Gasteiger partial charge on any atom is -0.497 e. The first-order valence-corrected chi connectivity index (χ1v) is 12.0. The van der Waals surface area contributed by atoms with Crippen LogP contribution in [0, 0.1) is 12.7 Å². The van der Waals surface area contributed by atoms with Crippen molar-refractivity contribution < 1.29 is 26.9 Å². The van der Waals surface area contributed by atoms with E-state index < -0.39 is 26.6 Å². The summed E-state index contributed by atoms with van der Waals surface area (Å²) in [5, 5.41) is 6.98. The number of carbonyl (C=O) groups is 1. The number of benzene rings is 3. The highest BCUT2D eigenvalue weighted by Gasteiger charge is 2.24. The predicted octanol–water partition coefficient (Wildman–Crippen LogP) is 5.50. The van der Waals surface area contributed by atoms with Crippen molar-refractivity contribution in [1.29, 1.82) is 0 Å². The molecule has 0 fully saturated rings. The van der Waals surface area contributed by atoms with Crippen LogP contribution < -0.4 is 14.8 Å². The number of halogens is 2. The van der Waals surface area contributed by atoms with E-state index >= 15 is 0 Å². The van der Waals surface area contributed by atoms with E-state index in [-0.39, 0.29) is 22.7 Å². The van der Waals surface area contributed by atoms with E-state index in [1.165, 1.54) is 37.4 Å². The number of amides is 1. The SMILES string of the molecule is COc1ccc(-c2noc(C)c2C(=O)Nc2ccc(F)c(S(=O)(=O)Nc3ccc(Cl)cc3)c2)cc1. The van der Waals surface area contributed by atoms with Crippen molar-refractivity contribution in [3.63, 3.8) is 0 Å². The molecule has 3 aromatic carbocycles. The summed E-state index contributed by atoms with van der Waals surface area (Å²) in [6.45, 7) is 1.57. The van der Waals surface area contributed by atoms with Gasteiger partial charge in [0.2, 0.25) is 0 Å². The quantitative estimate of drug-likeness (QED) is 0.336. The Morgan fingerprint density at radius 2 is 1.69 bits per heavy atom. The summed E-state index contributed by atoms with van der Waals surface area (Å²) in [6.07, 6.45) is 0. The molecule has 180 valence electrons. The third-order valence-electron chi connectivity index (χ3n) is 5.03. The molecule has 35 heavy (non-hydrogen) atoms. The Morgan fingerprint density at radius 3 is 2.34 bits per heavy atom. The molecule has 0 bridgehead atoms. The van der Waals surface area contributed by atoms with Crippen molar-refractivity contribution in [1.82, 2.24) is 5.16 Å². The van der Waals surface area contributed by atoms with E-state index in [4.69, 9.17) is 20.9 Å². The molecule has 0 saturated carbocycles. The van der Waals surface area contributed by atoms with Gasteiger partial charge in [0.05, 0.1) is 7.11 Å². The number of hydrogen-bond donors (Lipinski definition) is 2. The largest absolute Gasteiger partial charge is 0.497 e. The molecule has 0 saturated heterocycles. The van der Waals surface area contributed by atoms with Gasteiger partial charge in [-0.1, -0.05) is 16.8 Å². The zero-order valence-electron chi connectivity index (χ0n) is 18.5. The average molecular weight is 516 g/mol. The van der Waals surface area contributed by atoms with Crippen molar-refractivity contribution in [2.24, 2.45) is 0 Å². The Labute approximate surface area is 205 Å². The highest BCUT2D eigenvalue weighted by Crippen LogP contribution is 2.29. The standard InChI is InChI=1S/C24H19ClFN3O5S/c1-14-22(23(28-34-14)15-3-10-19(33-2)11-4-15)24(30)27-18-9-12-20(26)21(13-18)35(31,32)29-17-7-5-16(25)6-8-17/h3-13,29H,1-2H3,(H,27,30). The van der Waals surface area contributed by atoms with Gasteiger partial charge in [0.1, 0.15) is 33.5 Å². The number of nitrogens with zero attached hydrogens (tertiary/aromatic N) is 1. The minimum atomic E-state index is -4.30. The Kier molecular flexibility index (Phi) is 6.77. The fourth-order valence-electron chi connectivity index (χ4n) is 3.29. The number of carbonyl (C=O) groups excluding carboxylic acids is 1. The van der Waals surface area contributed by atoms with Gasteiger partial charge in [0, 0.05) is 22.0 Å². The highest BCUT2D eigenvalue weighted by atomic mass is 35.5. The summed E-state index contributed by atoms with van der Waals surface area (Å²) in [6, 6.07) is 16.0. The molecule has 0 aliphatic heterocycles. The molecule has 1 aromatic heterocycles. The highest BCUT2D eigenvalue weighted by molar-refractivity contribution is 7.92. The third kappa shape index (κ3) is 5.28. The molecular weight excluding hydrogens is 497 g/mol. The normalized spacial score (nSPS) is 11.2. The average Bonchev–Trinajstić information content (AvgIpc) is 3.23. The molecule has 8 nitrogen and oxygen atoms in total. The van der Waals surface area contributed by atoms with Gasteiger partial charge in [0.25, 0.3) is 15.9 Å². The topological polar surface area (TPSA) is 111 Å². The second-order valence-electron chi connectivity index (χ2n) is 7.40. The van der Waals surface area contributed by atoms with Gasteiger partial charge >= 0.3 is 0 Å². The summed E-state index contributed by atoms with van der Waals surface area (Å²) in [7, 11) is -2.76.